The summed E-state index contributed by atoms with van der Waals surface area (Å²) in [5, 5.41) is 0. The Morgan fingerprint density at radius 1 is 1.05 bits per heavy atom. The van der Waals surface area contributed by atoms with Crippen LogP contribution >= 0.6 is 15.9 Å². The molecule has 0 fully saturated rings. The molecule has 0 unspecified atom stereocenters. The number of hydrogen-bond donors (Lipinski definition) is 0. The van der Waals surface area contributed by atoms with E-state index in [2.05, 4.69) is 15.9 Å². The number of carbonyl (C=O) groups is 1. The van der Waals surface area contributed by atoms with Gasteiger partial charge in [0, 0.05) is 6.42 Å². The molecule has 0 aliphatic rings. The molecule has 4 heteroatoms. The Labute approximate surface area is 133 Å². The summed E-state index contributed by atoms with van der Waals surface area (Å²) >= 11 is 3.41. The predicted octanol–water partition coefficient (Wildman–Crippen LogP) is 4.28. The van der Waals surface area contributed by atoms with Crippen LogP contribution in [0.1, 0.15) is 22.3 Å². The highest BCUT2D eigenvalue weighted by Crippen LogP contribution is 2.37. The fraction of sp³-hybridized carbons (Fsp3) is 0.235. The average molecular weight is 349 g/mol. The van der Waals surface area contributed by atoms with Crippen molar-refractivity contribution in [1.82, 2.24) is 0 Å². The van der Waals surface area contributed by atoms with Crippen LogP contribution in [0.3, 0.4) is 0 Å². The zero-order valence-electron chi connectivity index (χ0n) is 12.1. The summed E-state index contributed by atoms with van der Waals surface area (Å²) < 4.78 is 11.2. The van der Waals surface area contributed by atoms with Crippen molar-refractivity contribution in [3.63, 3.8) is 0 Å². The largest absolute Gasteiger partial charge is 0.495 e. The molecule has 0 bridgehead atoms. The normalized spacial score (nSPS) is 10.2. The van der Waals surface area contributed by atoms with E-state index >= 15 is 0 Å². The summed E-state index contributed by atoms with van der Waals surface area (Å²) in [5.74, 6) is 1.22. The summed E-state index contributed by atoms with van der Waals surface area (Å²) in [6, 6.07) is 13.5. The van der Waals surface area contributed by atoms with Crippen LogP contribution in [-0.2, 0) is 6.42 Å². The van der Waals surface area contributed by atoms with Gasteiger partial charge in [0.2, 0.25) is 0 Å². The fourth-order valence-electron chi connectivity index (χ4n) is 2.15. The summed E-state index contributed by atoms with van der Waals surface area (Å²) in [6.07, 6.45) is 1.16. The topological polar surface area (TPSA) is 35.5 Å². The molecular formula is C17H17BrO3. The van der Waals surface area contributed by atoms with E-state index in [0.29, 0.717) is 34.4 Å². The fourth-order valence-corrected chi connectivity index (χ4v) is 2.82. The molecule has 0 saturated heterocycles. The number of benzene rings is 2. The second kappa shape index (κ2) is 7.27. The van der Waals surface area contributed by atoms with E-state index in [0.717, 1.165) is 5.56 Å². The van der Waals surface area contributed by atoms with Gasteiger partial charge in [-0.15, -0.1) is 0 Å². The molecule has 0 atom stereocenters. The number of methoxy groups -OCH3 is 2. The molecule has 3 nitrogen and oxygen atoms in total. The van der Waals surface area contributed by atoms with E-state index < -0.39 is 0 Å². The molecule has 110 valence electrons. The van der Waals surface area contributed by atoms with Gasteiger partial charge >= 0.3 is 0 Å². The molecule has 21 heavy (non-hydrogen) atoms. The van der Waals surface area contributed by atoms with E-state index in [1.165, 1.54) is 0 Å². The highest BCUT2D eigenvalue weighted by molar-refractivity contribution is 9.10. The maximum atomic E-state index is 12.4. The maximum Gasteiger partial charge on any atom is 0.166 e. The van der Waals surface area contributed by atoms with Gasteiger partial charge in [-0.3, -0.25) is 4.79 Å². The second-order valence-electron chi connectivity index (χ2n) is 4.57. The van der Waals surface area contributed by atoms with Crippen LogP contribution in [0, 0.1) is 0 Å². The van der Waals surface area contributed by atoms with E-state index in [1.54, 1.807) is 26.4 Å². The maximum absolute atomic E-state index is 12.4. The van der Waals surface area contributed by atoms with Gasteiger partial charge in [0.15, 0.2) is 5.78 Å². The molecule has 0 saturated carbocycles. The number of ether oxygens (including phenoxy) is 2. The van der Waals surface area contributed by atoms with Crippen LogP contribution in [0.15, 0.2) is 46.9 Å². The molecule has 2 aromatic rings. The van der Waals surface area contributed by atoms with Gasteiger partial charge in [-0.05, 0) is 40.0 Å². The second-order valence-corrected chi connectivity index (χ2v) is 5.36. The van der Waals surface area contributed by atoms with Crippen molar-refractivity contribution in [3.05, 3.63) is 58.1 Å². The van der Waals surface area contributed by atoms with Crippen molar-refractivity contribution >= 4 is 21.7 Å². The molecule has 2 aromatic carbocycles. The Balaban J connectivity index is 2.17. The molecule has 0 amide bonds. The van der Waals surface area contributed by atoms with Crippen molar-refractivity contribution < 1.29 is 14.3 Å². The lowest BCUT2D eigenvalue weighted by Gasteiger charge is -2.12. The van der Waals surface area contributed by atoms with E-state index in [4.69, 9.17) is 9.47 Å². The third-order valence-corrected chi connectivity index (χ3v) is 4.02. The summed E-state index contributed by atoms with van der Waals surface area (Å²) in [5.41, 5.74) is 1.72. The number of aryl methyl sites for hydroxylation is 1. The third-order valence-electron chi connectivity index (χ3n) is 3.27. The lowest BCUT2D eigenvalue weighted by Crippen LogP contribution is -2.05. The van der Waals surface area contributed by atoms with Crippen LogP contribution in [0.5, 0.6) is 11.5 Å². The van der Waals surface area contributed by atoms with Crippen LogP contribution in [0.4, 0.5) is 0 Å². The number of carbonyl (C=O) groups excluding carboxylic acids is 1. The number of ketones is 1. The van der Waals surface area contributed by atoms with Crippen LogP contribution in [0.25, 0.3) is 0 Å². The third kappa shape index (κ3) is 3.64. The highest BCUT2D eigenvalue weighted by Gasteiger charge is 2.18. The molecule has 0 aliphatic heterocycles. The molecule has 2 rings (SSSR count). The Morgan fingerprint density at radius 3 is 2.38 bits per heavy atom. The van der Waals surface area contributed by atoms with Crippen LogP contribution in [-0.4, -0.2) is 20.0 Å². The lowest BCUT2D eigenvalue weighted by atomic mass is 10.0. The van der Waals surface area contributed by atoms with Gasteiger partial charge in [0.1, 0.15) is 16.0 Å². The van der Waals surface area contributed by atoms with Gasteiger partial charge in [-0.25, -0.2) is 0 Å². The minimum Gasteiger partial charge on any atom is -0.495 e. The smallest absolute Gasteiger partial charge is 0.166 e. The minimum atomic E-state index is 0.0547. The summed E-state index contributed by atoms with van der Waals surface area (Å²) in [7, 11) is 3.13. The zero-order valence-corrected chi connectivity index (χ0v) is 13.6. The Bertz CT molecular complexity index is 623. The first-order valence-electron chi connectivity index (χ1n) is 6.65. The number of halogens is 1. The first-order valence-corrected chi connectivity index (χ1v) is 7.44. The number of rotatable bonds is 6. The van der Waals surface area contributed by atoms with Crippen LogP contribution in [0.2, 0.25) is 0 Å². The average Bonchev–Trinajstić information content (AvgIpc) is 2.53. The van der Waals surface area contributed by atoms with E-state index in [-0.39, 0.29) is 5.78 Å². The van der Waals surface area contributed by atoms with E-state index in [1.807, 2.05) is 30.3 Å². The standard InChI is InChI=1S/C17H17BrO3/c1-20-15-11-9-13(17(21-2)16(15)18)14(19)10-8-12-6-4-3-5-7-12/h3-7,9,11H,8,10H2,1-2H3. The van der Waals surface area contributed by atoms with Gasteiger partial charge < -0.3 is 9.47 Å². The minimum absolute atomic E-state index is 0.0547. The predicted molar refractivity (Wildman–Crippen MR) is 86.3 cm³/mol. The van der Waals surface area contributed by atoms with Gasteiger partial charge in [-0.2, -0.15) is 0 Å². The zero-order chi connectivity index (χ0) is 15.2. The van der Waals surface area contributed by atoms with Crippen molar-refractivity contribution in [2.24, 2.45) is 0 Å². The first kappa shape index (κ1) is 15.6. The Morgan fingerprint density at radius 2 is 1.76 bits per heavy atom. The van der Waals surface area contributed by atoms with Crippen molar-refractivity contribution in [3.8, 4) is 11.5 Å². The monoisotopic (exact) mass is 348 g/mol. The molecular weight excluding hydrogens is 332 g/mol. The quantitative estimate of drug-likeness (QED) is 0.730. The van der Waals surface area contributed by atoms with Crippen molar-refractivity contribution in [2.45, 2.75) is 12.8 Å². The summed E-state index contributed by atoms with van der Waals surface area (Å²) in [6.45, 7) is 0. The van der Waals surface area contributed by atoms with E-state index in [9.17, 15) is 4.79 Å². The van der Waals surface area contributed by atoms with Crippen LogP contribution < -0.4 is 9.47 Å². The lowest BCUT2D eigenvalue weighted by molar-refractivity contribution is 0.0979. The molecule has 0 spiro atoms. The molecule has 0 heterocycles. The highest BCUT2D eigenvalue weighted by atomic mass is 79.9. The van der Waals surface area contributed by atoms with Crippen molar-refractivity contribution in [2.75, 3.05) is 14.2 Å². The molecule has 0 radical (unpaired) electrons. The number of Topliss-reactive ketones (excluding diaryl/α,β-unsaturated/α-hetero) is 1. The first-order chi connectivity index (χ1) is 10.2. The van der Waals surface area contributed by atoms with Gasteiger partial charge in [-0.1, -0.05) is 30.3 Å². The SMILES string of the molecule is COc1ccc(C(=O)CCc2ccccc2)c(OC)c1Br. The van der Waals surface area contributed by atoms with Crippen molar-refractivity contribution in [1.29, 1.82) is 0 Å². The Kier molecular flexibility index (Phi) is 5.39. The van der Waals surface area contributed by atoms with Gasteiger partial charge in [0.05, 0.1) is 19.8 Å². The Hall–Kier alpha value is -1.81. The van der Waals surface area contributed by atoms with Gasteiger partial charge in [0.25, 0.3) is 0 Å². The number of hydrogen-bond acceptors (Lipinski definition) is 3. The molecule has 0 aliphatic carbocycles. The summed E-state index contributed by atoms with van der Waals surface area (Å²) in [4.78, 5) is 12.4. The molecule has 0 N–H and O–H groups in total. The molecule has 0 aromatic heterocycles.